The molecule has 1 atom stereocenters. The molecule has 0 spiro atoms. The van der Waals surface area contributed by atoms with Crippen molar-refractivity contribution >= 4 is 0 Å². The van der Waals surface area contributed by atoms with Crippen molar-refractivity contribution in [3.8, 4) is 5.75 Å². The average molecular weight is 153 g/mol. The van der Waals surface area contributed by atoms with Crippen LogP contribution in [0.1, 0.15) is 11.6 Å². The van der Waals surface area contributed by atoms with Crippen LogP contribution >= 0.6 is 0 Å². The second kappa shape index (κ2) is 2.20. The van der Waals surface area contributed by atoms with Crippen LogP contribution < -0.4 is 10.5 Å². The summed E-state index contributed by atoms with van der Waals surface area (Å²) in [6.07, 6.45) is 0. The molecule has 2 N–H and O–H groups in total. The number of benzene rings is 1. The third-order valence-electron chi connectivity index (χ3n) is 1.80. The van der Waals surface area contributed by atoms with Crippen molar-refractivity contribution < 1.29 is 9.13 Å². The molecule has 1 heterocycles. The maximum absolute atomic E-state index is 13.0. The van der Waals surface area contributed by atoms with Gasteiger partial charge in [0.15, 0.2) is 0 Å². The minimum absolute atomic E-state index is 0.271. The van der Waals surface area contributed by atoms with E-state index in [0.29, 0.717) is 17.9 Å². The van der Waals surface area contributed by atoms with Crippen LogP contribution in [0.15, 0.2) is 18.2 Å². The highest BCUT2D eigenvalue weighted by Gasteiger charge is 2.23. The molecule has 0 radical (unpaired) electrons. The highest BCUT2D eigenvalue weighted by molar-refractivity contribution is 5.39. The summed E-state index contributed by atoms with van der Waals surface area (Å²) in [7, 11) is 0. The van der Waals surface area contributed by atoms with Crippen molar-refractivity contribution in [3.63, 3.8) is 0 Å². The van der Waals surface area contributed by atoms with E-state index < -0.39 is 0 Å². The first kappa shape index (κ1) is 6.61. The Labute approximate surface area is 63.8 Å². The van der Waals surface area contributed by atoms with Crippen molar-refractivity contribution in [3.05, 3.63) is 29.6 Å². The fourth-order valence-electron chi connectivity index (χ4n) is 1.27. The van der Waals surface area contributed by atoms with Gasteiger partial charge < -0.3 is 10.5 Å². The number of hydrogen-bond donors (Lipinski definition) is 1. The molecule has 1 aliphatic heterocycles. The van der Waals surface area contributed by atoms with E-state index >= 15 is 0 Å². The topological polar surface area (TPSA) is 35.2 Å². The number of halogens is 1. The molecule has 1 aliphatic rings. The van der Waals surface area contributed by atoms with Gasteiger partial charge in [0.1, 0.15) is 18.2 Å². The molecule has 0 amide bonds. The number of rotatable bonds is 0. The third kappa shape index (κ3) is 0.886. The predicted molar refractivity (Wildman–Crippen MR) is 38.8 cm³/mol. The SMILES string of the molecule is N[C@H]1COc2cccc(F)c21. The molecule has 0 saturated heterocycles. The molecular weight excluding hydrogens is 145 g/mol. The van der Waals surface area contributed by atoms with Crippen LogP contribution in [-0.4, -0.2) is 6.61 Å². The van der Waals surface area contributed by atoms with Crippen molar-refractivity contribution in [2.45, 2.75) is 6.04 Å². The zero-order valence-electron chi connectivity index (χ0n) is 5.88. The van der Waals surface area contributed by atoms with Crippen LogP contribution in [0.3, 0.4) is 0 Å². The Bertz CT molecular complexity index is 287. The lowest BCUT2D eigenvalue weighted by Crippen LogP contribution is -2.11. The Morgan fingerprint density at radius 1 is 1.55 bits per heavy atom. The zero-order chi connectivity index (χ0) is 7.84. The molecule has 0 saturated carbocycles. The molecule has 0 fully saturated rings. The van der Waals surface area contributed by atoms with Gasteiger partial charge in [0.2, 0.25) is 0 Å². The van der Waals surface area contributed by atoms with Gasteiger partial charge in [-0.3, -0.25) is 0 Å². The molecule has 0 aromatic heterocycles. The summed E-state index contributed by atoms with van der Waals surface area (Å²) in [6.45, 7) is 0.385. The number of hydrogen-bond acceptors (Lipinski definition) is 2. The minimum atomic E-state index is -0.300. The quantitative estimate of drug-likeness (QED) is 0.608. The number of nitrogens with two attached hydrogens (primary N) is 1. The molecule has 1 aromatic rings. The van der Waals surface area contributed by atoms with Gasteiger partial charge in [-0.1, -0.05) is 6.07 Å². The van der Waals surface area contributed by atoms with Gasteiger partial charge in [-0.05, 0) is 12.1 Å². The van der Waals surface area contributed by atoms with E-state index in [1.54, 1.807) is 12.1 Å². The summed E-state index contributed by atoms with van der Waals surface area (Å²) in [5.41, 5.74) is 6.09. The molecule has 0 aliphatic carbocycles. The number of fused-ring (bicyclic) bond motifs is 1. The van der Waals surface area contributed by atoms with Crippen LogP contribution in [0.2, 0.25) is 0 Å². The molecular formula is C8H8FNO. The number of ether oxygens (including phenoxy) is 1. The largest absolute Gasteiger partial charge is 0.491 e. The van der Waals surface area contributed by atoms with Crippen LogP contribution in [0.5, 0.6) is 5.75 Å². The molecule has 0 bridgehead atoms. The van der Waals surface area contributed by atoms with E-state index in [2.05, 4.69) is 0 Å². The molecule has 2 nitrogen and oxygen atoms in total. The summed E-state index contributed by atoms with van der Waals surface area (Å²) in [5.74, 6) is 0.310. The Hall–Kier alpha value is -1.09. The van der Waals surface area contributed by atoms with Gasteiger partial charge >= 0.3 is 0 Å². The standard InChI is InChI=1S/C8H8FNO/c9-5-2-1-3-7-8(5)6(10)4-11-7/h1-3,6H,4,10H2/t6-/m0/s1. The van der Waals surface area contributed by atoms with Gasteiger partial charge in [-0.2, -0.15) is 0 Å². The molecule has 0 unspecified atom stereocenters. The van der Waals surface area contributed by atoms with E-state index in [4.69, 9.17) is 10.5 Å². The highest BCUT2D eigenvalue weighted by Crippen LogP contribution is 2.32. The van der Waals surface area contributed by atoms with E-state index in [1.807, 2.05) is 0 Å². The highest BCUT2D eigenvalue weighted by atomic mass is 19.1. The van der Waals surface area contributed by atoms with Gasteiger partial charge in [0.25, 0.3) is 0 Å². The first-order valence-electron chi connectivity index (χ1n) is 3.46. The van der Waals surface area contributed by atoms with E-state index in [0.717, 1.165) is 0 Å². The molecule has 1 aromatic carbocycles. The summed E-state index contributed by atoms with van der Waals surface area (Å²) >= 11 is 0. The van der Waals surface area contributed by atoms with Gasteiger partial charge in [-0.15, -0.1) is 0 Å². The summed E-state index contributed by atoms with van der Waals surface area (Å²) in [6, 6.07) is 4.44. The lowest BCUT2D eigenvalue weighted by Gasteiger charge is -2.00. The normalized spacial score (nSPS) is 21.1. The maximum atomic E-state index is 13.0. The van der Waals surface area contributed by atoms with Gasteiger partial charge in [-0.25, -0.2) is 4.39 Å². The third-order valence-corrected chi connectivity index (χ3v) is 1.80. The Morgan fingerprint density at radius 3 is 3.09 bits per heavy atom. The smallest absolute Gasteiger partial charge is 0.131 e. The Morgan fingerprint density at radius 2 is 2.36 bits per heavy atom. The summed E-state index contributed by atoms with van der Waals surface area (Å²) in [5, 5.41) is 0. The summed E-state index contributed by atoms with van der Waals surface area (Å²) in [4.78, 5) is 0. The fraction of sp³-hybridized carbons (Fsp3) is 0.250. The molecule has 2 rings (SSSR count). The Kier molecular flexibility index (Phi) is 1.32. The lowest BCUT2D eigenvalue weighted by molar-refractivity contribution is 0.333. The molecule has 3 heteroatoms. The zero-order valence-corrected chi connectivity index (χ0v) is 5.88. The van der Waals surface area contributed by atoms with E-state index in [9.17, 15) is 4.39 Å². The fourth-order valence-corrected chi connectivity index (χ4v) is 1.27. The van der Waals surface area contributed by atoms with Crippen LogP contribution in [0, 0.1) is 5.82 Å². The van der Waals surface area contributed by atoms with Crippen molar-refractivity contribution in [1.82, 2.24) is 0 Å². The maximum Gasteiger partial charge on any atom is 0.131 e. The first-order chi connectivity index (χ1) is 5.29. The predicted octanol–water partition coefficient (Wildman–Crippen LogP) is 1.22. The van der Waals surface area contributed by atoms with Crippen molar-refractivity contribution in [2.24, 2.45) is 5.73 Å². The Balaban J connectivity index is 2.58. The lowest BCUT2D eigenvalue weighted by atomic mass is 10.1. The van der Waals surface area contributed by atoms with Crippen LogP contribution in [0.25, 0.3) is 0 Å². The minimum Gasteiger partial charge on any atom is -0.491 e. The molecule has 11 heavy (non-hydrogen) atoms. The molecule has 58 valence electrons. The van der Waals surface area contributed by atoms with E-state index in [-0.39, 0.29) is 11.9 Å². The average Bonchev–Trinajstić information content (AvgIpc) is 2.34. The second-order valence-corrected chi connectivity index (χ2v) is 2.57. The summed E-state index contributed by atoms with van der Waals surface area (Å²) < 4.78 is 18.1. The van der Waals surface area contributed by atoms with Gasteiger partial charge in [0, 0.05) is 5.56 Å². The first-order valence-corrected chi connectivity index (χ1v) is 3.46. The monoisotopic (exact) mass is 153 g/mol. The van der Waals surface area contributed by atoms with Crippen LogP contribution in [-0.2, 0) is 0 Å². The van der Waals surface area contributed by atoms with Crippen LogP contribution in [0.4, 0.5) is 4.39 Å². The second-order valence-electron chi connectivity index (χ2n) is 2.57. The van der Waals surface area contributed by atoms with Gasteiger partial charge in [0.05, 0.1) is 6.04 Å². The van der Waals surface area contributed by atoms with Crippen molar-refractivity contribution in [2.75, 3.05) is 6.61 Å². The van der Waals surface area contributed by atoms with Crippen molar-refractivity contribution in [1.29, 1.82) is 0 Å². The van der Waals surface area contributed by atoms with E-state index in [1.165, 1.54) is 6.07 Å².